The van der Waals surface area contributed by atoms with Crippen molar-refractivity contribution in [2.75, 3.05) is 5.32 Å². The van der Waals surface area contributed by atoms with Crippen LogP contribution in [-0.4, -0.2) is 75.9 Å². The minimum atomic E-state index is -1.61. The summed E-state index contributed by atoms with van der Waals surface area (Å²) in [5.41, 5.74) is 0.377. The fraction of sp³-hybridized carbons (Fsp3) is 0.500. The Morgan fingerprint density at radius 3 is 1.96 bits per heavy atom. The lowest BCUT2D eigenvalue weighted by molar-refractivity contribution is -0.141. The molecule has 1 aromatic carbocycles. The van der Waals surface area contributed by atoms with Crippen molar-refractivity contribution in [2.45, 2.75) is 91.4 Å². The molecule has 7 N–H and O–H groups in total. The van der Waals surface area contributed by atoms with Gasteiger partial charge >= 0.3 is 17.6 Å². The second-order valence-corrected chi connectivity index (χ2v) is 12.2. The molecule has 2 rings (SSSR count). The molecule has 0 radical (unpaired) electrons. The van der Waals surface area contributed by atoms with Gasteiger partial charge in [-0.05, 0) is 49.3 Å². The number of carbonyl (C=O) groups is 7. The molecule has 0 bridgehead atoms. The van der Waals surface area contributed by atoms with Gasteiger partial charge in [-0.1, -0.05) is 27.7 Å². The molecule has 0 saturated heterocycles. The zero-order valence-corrected chi connectivity index (χ0v) is 27.7. The van der Waals surface area contributed by atoms with Crippen LogP contribution in [0.5, 0.6) is 0 Å². The van der Waals surface area contributed by atoms with Crippen LogP contribution < -0.4 is 32.2 Å². The van der Waals surface area contributed by atoms with E-state index in [2.05, 4.69) is 26.6 Å². The molecule has 16 heteroatoms. The second-order valence-electron chi connectivity index (χ2n) is 12.2. The van der Waals surface area contributed by atoms with E-state index in [1.807, 2.05) is 13.8 Å². The summed E-state index contributed by atoms with van der Waals surface area (Å²) in [6.45, 7) is 9.72. The first kappa shape index (κ1) is 38.9. The molecule has 0 fully saturated rings. The standard InChI is InChI=1S/C32H43N5O11/c1-15(2)11-22(33-18(6)38)31(46)35-21(9-10-25(39)40)29(44)37-28(16(3)4)32(47)36-23(14-26(41)42)30(45)34-19-7-8-20-17(5)12-27(43)48-24(20)13-19/h7-8,12-13,15-16,21-23,28H,9-11,14H2,1-6H3,(H,33,38)(H,34,45)(H,35,46)(H,36,47)(H,37,44)(H,39,40)(H,41,42)/t21-,22-,23-,28-/m0/s1. The number of anilines is 1. The van der Waals surface area contributed by atoms with E-state index in [9.17, 15) is 48.6 Å². The number of hydrogen-bond donors (Lipinski definition) is 7. The number of amides is 5. The maximum absolute atomic E-state index is 13.4. The van der Waals surface area contributed by atoms with Crippen LogP contribution in [0.25, 0.3) is 11.0 Å². The normalized spacial score (nSPS) is 13.6. The highest BCUT2D eigenvalue weighted by molar-refractivity contribution is 6.01. The fourth-order valence-electron chi connectivity index (χ4n) is 4.82. The van der Waals surface area contributed by atoms with Gasteiger partial charge in [0.05, 0.1) is 6.42 Å². The molecule has 0 aliphatic rings. The third-order valence-electron chi connectivity index (χ3n) is 7.16. The van der Waals surface area contributed by atoms with E-state index < -0.39 is 90.0 Å². The lowest BCUT2D eigenvalue weighted by atomic mass is 10.00. The molecule has 0 aliphatic carbocycles. The SMILES string of the molecule is CC(=O)N[C@@H](CC(C)C)C(=O)N[C@@H](CCC(=O)O)C(=O)N[C@H](C(=O)N[C@@H](CC(=O)O)C(=O)Nc1ccc2c(C)cc(=O)oc2c1)C(C)C. The Kier molecular flexibility index (Phi) is 14.3. The Labute approximate surface area is 276 Å². The van der Waals surface area contributed by atoms with E-state index in [4.69, 9.17) is 4.42 Å². The number of carboxylic acid groups (broad SMARTS) is 2. The Morgan fingerprint density at radius 2 is 1.40 bits per heavy atom. The van der Waals surface area contributed by atoms with Crippen molar-refractivity contribution in [3.8, 4) is 0 Å². The van der Waals surface area contributed by atoms with Gasteiger partial charge in [-0.15, -0.1) is 0 Å². The number of hydrogen-bond acceptors (Lipinski definition) is 9. The molecule has 2 aromatic rings. The molecule has 1 aromatic heterocycles. The van der Waals surface area contributed by atoms with E-state index in [1.165, 1.54) is 25.1 Å². The summed E-state index contributed by atoms with van der Waals surface area (Å²) in [6.07, 6.45) is -1.44. The van der Waals surface area contributed by atoms with Gasteiger partial charge in [0.15, 0.2) is 0 Å². The summed E-state index contributed by atoms with van der Waals surface area (Å²) in [4.78, 5) is 99.4. The van der Waals surface area contributed by atoms with E-state index in [1.54, 1.807) is 26.8 Å². The van der Waals surface area contributed by atoms with E-state index in [-0.39, 0.29) is 30.0 Å². The second kappa shape index (κ2) is 17.6. The molecule has 262 valence electrons. The quantitative estimate of drug-likeness (QED) is 0.117. The largest absolute Gasteiger partial charge is 0.481 e. The van der Waals surface area contributed by atoms with Crippen LogP contribution in [0, 0.1) is 18.8 Å². The highest BCUT2D eigenvalue weighted by atomic mass is 16.4. The number of carbonyl (C=O) groups excluding carboxylic acids is 5. The van der Waals surface area contributed by atoms with Crippen molar-refractivity contribution < 1.29 is 48.2 Å². The number of fused-ring (bicyclic) bond motifs is 1. The van der Waals surface area contributed by atoms with E-state index >= 15 is 0 Å². The maximum Gasteiger partial charge on any atom is 0.336 e. The van der Waals surface area contributed by atoms with Gasteiger partial charge in [0.2, 0.25) is 29.5 Å². The number of aryl methyl sites for hydroxylation is 1. The summed E-state index contributed by atoms with van der Waals surface area (Å²) >= 11 is 0. The predicted molar refractivity (Wildman–Crippen MR) is 173 cm³/mol. The Bertz CT molecular complexity index is 1600. The Balaban J connectivity index is 2.26. The van der Waals surface area contributed by atoms with Gasteiger partial charge in [-0.25, -0.2) is 4.79 Å². The zero-order chi connectivity index (χ0) is 36.3. The van der Waals surface area contributed by atoms with E-state index in [0.717, 1.165) is 0 Å². The van der Waals surface area contributed by atoms with Crippen LogP contribution >= 0.6 is 0 Å². The van der Waals surface area contributed by atoms with Crippen molar-refractivity contribution in [2.24, 2.45) is 11.8 Å². The fourth-order valence-corrected chi connectivity index (χ4v) is 4.82. The number of aliphatic carboxylic acids is 2. The van der Waals surface area contributed by atoms with Gasteiger partial charge in [0, 0.05) is 36.6 Å². The molecule has 0 spiro atoms. The van der Waals surface area contributed by atoms with Crippen LogP contribution in [0.4, 0.5) is 5.69 Å². The third kappa shape index (κ3) is 12.1. The first-order chi connectivity index (χ1) is 22.4. The Hall–Kier alpha value is -5.28. The van der Waals surface area contributed by atoms with Crippen LogP contribution in [-0.2, 0) is 33.6 Å². The van der Waals surface area contributed by atoms with Crippen LogP contribution in [0.2, 0.25) is 0 Å². The zero-order valence-electron chi connectivity index (χ0n) is 27.7. The van der Waals surface area contributed by atoms with Crippen molar-refractivity contribution >= 4 is 58.1 Å². The molecule has 1 heterocycles. The van der Waals surface area contributed by atoms with Gasteiger partial charge in [-0.2, -0.15) is 0 Å². The van der Waals surface area contributed by atoms with Gasteiger partial charge < -0.3 is 41.2 Å². The van der Waals surface area contributed by atoms with Crippen molar-refractivity contribution in [3.63, 3.8) is 0 Å². The average Bonchev–Trinajstić information content (AvgIpc) is 2.95. The molecule has 0 saturated carbocycles. The van der Waals surface area contributed by atoms with E-state index in [0.29, 0.717) is 10.9 Å². The lowest BCUT2D eigenvalue weighted by Gasteiger charge is -2.28. The topological polar surface area (TPSA) is 250 Å². The third-order valence-corrected chi connectivity index (χ3v) is 7.16. The molecular weight excluding hydrogens is 630 g/mol. The summed E-state index contributed by atoms with van der Waals surface area (Å²) in [5, 5.41) is 31.6. The summed E-state index contributed by atoms with van der Waals surface area (Å²) in [6, 6.07) is 0.413. The van der Waals surface area contributed by atoms with Crippen LogP contribution in [0.1, 0.15) is 65.9 Å². The van der Waals surface area contributed by atoms with Gasteiger partial charge in [0.1, 0.15) is 29.8 Å². The maximum atomic E-state index is 13.4. The summed E-state index contributed by atoms with van der Waals surface area (Å²) in [5.74, 6) is -7.23. The van der Waals surface area contributed by atoms with Gasteiger partial charge in [-0.3, -0.25) is 33.6 Å². The first-order valence-corrected chi connectivity index (χ1v) is 15.3. The molecule has 4 atom stereocenters. The number of benzene rings is 1. The highest BCUT2D eigenvalue weighted by Crippen LogP contribution is 2.21. The number of rotatable bonds is 17. The van der Waals surface area contributed by atoms with Crippen molar-refractivity contribution in [1.82, 2.24) is 21.3 Å². The van der Waals surface area contributed by atoms with Crippen molar-refractivity contribution in [1.29, 1.82) is 0 Å². The van der Waals surface area contributed by atoms with Gasteiger partial charge in [0.25, 0.3) is 0 Å². The summed E-state index contributed by atoms with van der Waals surface area (Å²) < 4.78 is 5.18. The average molecular weight is 674 g/mol. The molecule has 5 amide bonds. The molecule has 48 heavy (non-hydrogen) atoms. The number of nitrogens with one attached hydrogen (secondary N) is 5. The predicted octanol–water partition coefficient (Wildman–Crippen LogP) is 1.04. The molecule has 0 unspecified atom stereocenters. The van der Waals surface area contributed by atoms with Crippen LogP contribution in [0.3, 0.4) is 0 Å². The monoisotopic (exact) mass is 673 g/mol. The van der Waals surface area contributed by atoms with Crippen LogP contribution in [0.15, 0.2) is 33.5 Å². The summed E-state index contributed by atoms with van der Waals surface area (Å²) in [7, 11) is 0. The van der Waals surface area contributed by atoms with Crippen molar-refractivity contribution in [3.05, 3.63) is 40.2 Å². The molecular formula is C32H43N5O11. The smallest absolute Gasteiger partial charge is 0.336 e. The minimum Gasteiger partial charge on any atom is -0.481 e. The first-order valence-electron chi connectivity index (χ1n) is 15.3. The Morgan fingerprint density at radius 1 is 0.771 bits per heavy atom. The molecule has 16 nitrogen and oxygen atoms in total. The minimum absolute atomic E-state index is 0.0185. The highest BCUT2D eigenvalue weighted by Gasteiger charge is 2.33. The number of carboxylic acids is 2. The molecule has 0 aliphatic heterocycles. The lowest BCUT2D eigenvalue weighted by Crippen LogP contribution is -2.59.